The first-order valence-corrected chi connectivity index (χ1v) is 24.8. The molecular weight excluding hydrogens is 933 g/mol. The molecule has 0 amide bonds. The van der Waals surface area contributed by atoms with E-state index in [0.717, 1.165) is 88.4 Å². The molecule has 8 heterocycles. The summed E-state index contributed by atoms with van der Waals surface area (Å²) in [6.45, 7) is 0. The second-order valence-electron chi connectivity index (χ2n) is 17.7. The van der Waals surface area contributed by atoms with E-state index in [-0.39, 0.29) is 0 Å². The van der Waals surface area contributed by atoms with Crippen LogP contribution < -0.4 is 14.5 Å². The molecule has 74 heavy (non-hydrogen) atoms. The first-order valence-electron chi connectivity index (χ1n) is 24.0. The van der Waals surface area contributed by atoms with Crippen LogP contribution in [0.2, 0.25) is 0 Å². The summed E-state index contributed by atoms with van der Waals surface area (Å²) in [7, 11) is 0. The molecule has 0 fully saturated rings. The quantitative estimate of drug-likeness (QED) is 0.144. The summed E-state index contributed by atoms with van der Waals surface area (Å²) in [6, 6.07) is 66.1. The number of hydrogen-bond donors (Lipinski definition) is 0. The summed E-state index contributed by atoms with van der Waals surface area (Å²) in [5.74, 6) is 2.50. The van der Waals surface area contributed by atoms with Gasteiger partial charge < -0.3 is 14.5 Å². The number of nitrogens with zero attached hydrogens (tertiary/aromatic N) is 10. The lowest BCUT2D eigenvalue weighted by atomic mass is 9.93. The third-order valence-electron chi connectivity index (χ3n) is 13.1. The van der Waals surface area contributed by atoms with E-state index in [2.05, 4.69) is 117 Å². The minimum atomic E-state index is 0.511. The van der Waals surface area contributed by atoms with Crippen molar-refractivity contribution in [1.82, 2.24) is 39.9 Å². The number of ether oxygens (including phenoxy) is 1. The van der Waals surface area contributed by atoms with Gasteiger partial charge in [-0.1, -0.05) is 72.4 Å². The van der Waals surface area contributed by atoms with Crippen LogP contribution in [-0.2, 0) is 0 Å². The van der Waals surface area contributed by atoms with Crippen molar-refractivity contribution in [2.24, 2.45) is 0 Å². The molecule has 6 aromatic heterocycles. The van der Waals surface area contributed by atoms with Crippen LogP contribution in [0, 0.1) is 0 Å². The van der Waals surface area contributed by atoms with Crippen LogP contribution in [0.4, 0.5) is 34.1 Å². The van der Waals surface area contributed by atoms with E-state index in [4.69, 9.17) is 34.6 Å². The molecule has 0 aliphatic carbocycles. The highest BCUT2D eigenvalue weighted by atomic mass is 32.2. The van der Waals surface area contributed by atoms with E-state index in [1.54, 1.807) is 48.9 Å². The highest BCUT2D eigenvalue weighted by Crippen LogP contribution is 2.56. The molecule has 0 N–H and O–H groups in total. The Labute approximate surface area is 429 Å². The van der Waals surface area contributed by atoms with Crippen molar-refractivity contribution in [2.75, 3.05) is 9.80 Å². The van der Waals surface area contributed by atoms with Crippen LogP contribution in [0.3, 0.4) is 0 Å². The maximum absolute atomic E-state index is 6.68. The van der Waals surface area contributed by atoms with Crippen LogP contribution in [0.15, 0.2) is 241 Å². The molecule has 12 heteroatoms. The number of para-hydroxylation sites is 6. The second-order valence-corrected chi connectivity index (χ2v) is 18.8. The molecule has 348 valence electrons. The smallest absolute Gasteiger partial charge is 0.162 e. The summed E-state index contributed by atoms with van der Waals surface area (Å²) in [6.07, 6.45) is 10.7. The Bertz CT molecular complexity index is 3900. The van der Waals surface area contributed by atoms with E-state index >= 15 is 0 Å². The van der Waals surface area contributed by atoms with Crippen LogP contribution in [0.5, 0.6) is 11.5 Å². The van der Waals surface area contributed by atoms with E-state index in [0.29, 0.717) is 45.8 Å². The van der Waals surface area contributed by atoms with Crippen LogP contribution >= 0.6 is 11.8 Å². The van der Waals surface area contributed by atoms with Gasteiger partial charge in [0, 0.05) is 80.3 Å². The highest BCUT2D eigenvalue weighted by molar-refractivity contribution is 7.99. The molecule has 0 spiro atoms. The van der Waals surface area contributed by atoms with Gasteiger partial charge in [-0.25, -0.2) is 19.9 Å². The lowest BCUT2D eigenvalue weighted by Crippen LogP contribution is -2.18. The fraction of sp³-hybridized carbons (Fsp3) is 0. The van der Waals surface area contributed by atoms with Crippen molar-refractivity contribution in [2.45, 2.75) is 9.79 Å². The highest BCUT2D eigenvalue weighted by Gasteiger charge is 2.31. The summed E-state index contributed by atoms with van der Waals surface area (Å²) in [4.78, 5) is 46.6. The lowest BCUT2D eigenvalue weighted by molar-refractivity contribution is 0.477. The number of aromatic nitrogens is 8. The number of fused-ring (bicyclic) bond motifs is 5. The van der Waals surface area contributed by atoms with E-state index in [1.807, 2.05) is 97.1 Å². The van der Waals surface area contributed by atoms with Gasteiger partial charge in [0.25, 0.3) is 0 Å². The van der Waals surface area contributed by atoms with Gasteiger partial charge in [-0.15, -0.1) is 0 Å². The Kier molecular flexibility index (Phi) is 10.5. The molecule has 0 radical (unpaired) electrons. The van der Waals surface area contributed by atoms with Gasteiger partial charge in [-0.2, -0.15) is 0 Å². The van der Waals surface area contributed by atoms with Gasteiger partial charge in [0.05, 0.1) is 62.6 Å². The third-order valence-corrected chi connectivity index (χ3v) is 14.2. The maximum atomic E-state index is 6.68. The molecule has 0 saturated carbocycles. The Morgan fingerprint density at radius 3 is 1.45 bits per heavy atom. The molecule has 0 bridgehead atoms. The SMILES string of the molecule is c1ccc(-c2cc(-c3cc(-c4cc(-c5ccccn5)nc(-c5cccnc5)n4)c4cc(N5c6ccccc6Sc6ccccc65)cc(N5c6ccccc6Oc6ccccc65)c4c3)nc(-c3cccnc3)n2)nc1. The number of benzene rings is 6. The first-order chi connectivity index (χ1) is 36.7. The molecule has 0 unspecified atom stereocenters. The molecule has 6 aromatic carbocycles. The number of anilines is 6. The molecular formula is C62H38N10OS. The topological polar surface area (TPSA) is 119 Å². The van der Waals surface area contributed by atoms with Gasteiger partial charge in [0.15, 0.2) is 23.1 Å². The van der Waals surface area contributed by atoms with Gasteiger partial charge in [-0.05, 0) is 139 Å². The average Bonchev–Trinajstić information content (AvgIpc) is 3.48. The zero-order valence-corrected chi connectivity index (χ0v) is 40.0. The van der Waals surface area contributed by atoms with Crippen molar-refractivity contribution in [3.8, 4) is 79.6 Å². The minimum Gasteiger partial charge on any atom is -0.453 e. The summed E-state index contributed by atoms with van der Waals surface area (Å²) >= 11 is 1.78. The summed E-state index contributed by atoms with van der Waals surface area (Å²) in [5, 5.41) is 1.87. The number of hydrogen-bond acceptors (Lipinski definition) is 12. The molecule has 2 aliphatic rings. The minimum absolute atomic E-state index is 0.511. The van der Waals surface area contributed by atoms with Gasteiger partial charge in [0.2, 0.25) is 0 Å². The maximum Gasteiger partial charge on any atom is 0.162 e. The lowest BCUT2D eigenvalue weighted by Gasteiger charge is -2.36. The van der Waals surface area contributed by atoms with Gasteiger partial charge in [0.1, 0.15) is 0 Å². The Balaban J connectivity index is 1.13. The molecule has 14 rings (SSSR count). The predicted molar refractivity (Wildman–Crippen MR) is 292 cm³/mol. The van der Waals surface area contributed by atoms with Crippen molar-refractivity contribution in [3.63, 3.8) is 0 Å². The monoisotopic (exact) mass is 970 g/mol. The average molecular weight is 971 g/mol. The van der Waals surface area contributed by atoms with Crippen molar-refractivity contribution < 1.29 is 4.74 Å². The van der Waals surface area contributed by atoms with Gasteiger partial charge >= 0.3 is 0 Å². The third kappa shape index (κ3) is 7.65. The van der Waals surface area contributed by atoms with Crippen molar-refractivity contribution in [3.05, 3.63) is 231 Å². The number of pyridine rings is 4. The number of rotatable bonds is 8. The van der Waals surface area contributed by atoms with Gasteiger partial charge in [-0.3, -0.25) is 19.9 Å². The Hall–Kier alpha value is -9.91. The van der Waals surface area contributed by atoms with E-state index in [9.17, 15) is 0 Å². The van der Waals surface area contributed by atoms with Crippen LogP contribution in [0.1, 0.15) is 0 Å². The van der Waals surface area contributed by atoms with Crippen LogP contribution in [0.25, 0.3) is 78.8 Å². The summed E-state index contributed by atoms with van der Waals surface area (Å²) < 4.78 is 6.68. The predicted octanol–water partition coefficient (Wildman–Crippen LogP) is 15.5. The molecule has 11 nitrogen and oxygen atoms in total. The van der Waals surface area contributed by atoms with Crippen molar-refractivity contribution in [1.29, 1.82) is 0 Å². The normalized spacial score (nSPS) is 12.3. The first kappa shape index (κ1) is 42.9. The zero-order valence-electron chi connectivity index (χ0n) is 39.2. The zero-order chi connectivity index (χ0) is 49.0. The fourth-order valence-electron chi connectivity index (χ4n) is 9.77. The fourth-order valence-corrected chi connectivity index (χ4v) is 10.8. The Morgan fingerprint density at radius 2 is 0.878 bits per heavy atom. The van der Waals surface area contributed by atoms with E-state index < -0.39 is 0 Å². The standard InChI is InChI=1S/C62H38N10OS/c1-5-23-57-52(19-1)72(53-20-2-6-24-58(53)73-57)56-34-42(71-54-21-3-7-25-59(54)74-60-26-8-4-22-55(60)71)33-43-44(49-36-51(47-18-10-12-30-66-47)70-62(68-49)40-16-14-28-64-38-40)31-41(32-45(43)56)48-35-50(46-17-9-11-29-65-46)69-61(67-48)39-15-13-27-63-37-39/h1-38H. The molecule has 0 atom stereocenters. The largest absolute Gasteiger partial charge is 0.453 e. The van der Waals surface area contributed by atoms with Crippen LogP contribution in [-0.4, -0.2) is 39.9 Å². The summed E-state index contributed by atoms with van der Waals surface area (Å²) in [5.41, 5.74) is 13.1. The molecule has 0 saturated heterocycles. The Morgan fingerprint density at radius 1 is 0.351 bits per heavy atom. The molecule has 2 aliphatic heterocycles. The van der Waals surface area contributed by atoms with E-state index in [1.165, 1.54) is 0 Å². The van der Waals surface area contributed by atoms with Crippen molar-refractivity contribution >= 4 is 56.7 Å². The second kappa shape index (κ2) is 18.0. The molecule has 12 aromatic rings.